The van der Waals surface area contributed by atoms with Crippen molar-refractivity contribution in [1.29, 1.82) is 0 Å². The number of aromatic nitrogens is 3. The third-order valence-corrected chi connectivity index (χ3v) is 5.38. The standard InChI is InChI=1S/C18H21N5OS.CH2O/c1-25(24)22-9-12-4-2-5-13(8-12)15-10-23(14-6-3-7-14)18-16(15)17(19)20-11-21-18;1-2/h2,4-5,8,10-11,14,22H,3,6-7,9H2,1H3,(H2,19,20,21);1H2. The molecule has 1 aromatic carbocycles. The van der Waals surface area contributed by atoms with Crippen molar-refractivity contribution in [1.82, 2.24) is 19.3 Å². The zero-order valence-corrected chi connectivity index (χ0v) is 16.0. The maximum atomic E-state index is 11.3. The summed E-state index contributed by atoms with van der Waals surface area (Å²) in [6, 6.07) is 8.70. The van der Waals surface area contributed by atoms with Gasteiger partial charge >= 0.3 is 0 Å². The van der Waals surface area contributed by atoms with Crippen LogP contribution >= 0.6 is 0 Å². The predicted octanol–water partition coefficient (Wildman–Crippen LogP) is 2.60. The van der Waals surface area contributed by atoms with Crippen LogP contribution in [0.2, 0.25) is 0 Å². The maximum Gasteiger partial charge on any atom is 0.146 e. The summed E-state index contributed by atoms with van der Waals surface area (Å²) in [6.45, 7) is 2.56. The SMILES string of the molecule is C=O.CS(=O)NCc1cccc(-c2cn(C3CCC3)c3ncnc(N)c23)c1. The van der Waals surface area contributed by atoms with Crippen molar-refractivity contribution in [2.75, 3.05) is 12.0 Å². The smallest absolute Gasteiger partial charge is 0.146 e. The fourth-order valence-electron chi connectivity index (χ4n) is 3.30. The van der Waals surface area contributed by atoms with Crippen molar-refractivity contribution in [3.63, 3.8) is 0 Å². The molecule has 0 amide bonds. The first-order valence-electron chi connectivity index (χ1n) is 8.69. The molecular weight excluding hydrogens is 362 g/mol. The molecule has 0 radical (unpaired) electrons. The van der Waals surface area contributed by atoms with E-state index < -0.39 is 11.0 Å². The molecule has 1 saturated carbocycles. The first kappa shape index (κ1) is 19.2. The molecule has 2 aromatic heterocycles. The monoisotopic (exact) mass is 385 g/mol. The number of anilines is 1. The first-order chi connectivity index (χ1) is 13.1. The molecule has 27 heavy (non-hydrogen) atoms. The van der Waals surface area contributed by atoms with Crippen LogP contribution in [0.1, 0.15) is 30.9 Å². The van der Waals surface area contributed by atoms with Crippen LogP contribution in [0.4, 0.5) is 5.82 Å². The second-order valence-electron chi connectivity index (χ2n) is 6.47. The third-order valence-electron chi connectivity index (χ3n) is 4.82. The minimum absolute atomic E-state index is 0.498. The van der Waals surface area contributed by atoms with Crippen molar-refractivity contribution in [3.05, 3.63) is 42.4 Å². The average Bonchev–Trinajstić information content (AvgIpc) is 3.01. The topological polar surface area (TPSA) is 103 Å². The van der Waals surface area contributed by atoms with Gasteiger partial charge in [-0.05, 0) is 36.5 Å². The number of nitrogens with zero attached hydrogens (tertiary/aromatic N) is 3. The molecule has 8 heteroatoms. The first-order valence-corrected chi connectivity index (χ1v) is 10.3. The quantitative estimate of drug-likeness (QED) is 0.703. The van der Waals surface area contributed by atoms with Crippen molar-refractivity contribution in [2.24, 2.45) is 0 Å². The minimum atomic E-state index is -1.03. The molecule has 0 aliphatic heterocycles. The molecule has 1 aliphatic carbocycles. The summed E-state index contributed by atoms with van der Waals surface area (Å²) in [7, 11) is -1.03. The van der Waals surface area contributed by atoms with Crippen molar-refractivity contribution in [2.45, 2.75) is 31.8 Å². The molecule has 1 atom stereocenters. The van der Waals surface area contributed by atoms with E-state index in [0.29, 0.717) is 18.4 Å². The van der Waals surface area contributed by atoms with Crippen LogP contribution < -0.4 is 10.5 Å². The number of hydrogen-bond donors (Lipinski definition) is 2. The van der Waals surface area contributed by atoms with E-state index in [1.807, 2.05) is 18.9 Å². The number of nitrogen functional groups attached to an aromatic ring is 1. The van der Waals surface area contributed by atoms with Gasteiger partial charge in [0.1, 0.15) is 24.6 Å². The van der Waals surface area contributed by atoms with E-state index in [2.05, 4.69) is 37.6 Å². The lowest BCUT2D eigenvalue weighted by Crippen LogP contribution is -2.16. The average molecular weight is 385 g/mol. The van der Waals surface area contributed by atoms with Crippen LogP contribution in [0.15, 0.2) is 36.8 Å². The Balaban J connectivity index is 0.00000102. The van der Waals surface area contributed by atoms with Gasteiger partial charge in [-0.3, -0.25) is 0 Å². The Labute approximate surface area is 160 Å². The lowest BCUT2D eigenvalue weighted by atomic mass is 9.93. The van der Waals surface area contributed by atoms with Gasteiger partial charge in [-0.1, -0.05) is 18.2 Å². The molecule has 0 spiro atoms. The van der Waals surface area contributed by atoms with E-state index in [9.17, 15) is 4.21 Å². The largest absolute Gasteiger partial charge is 0.383 e. The van der Waals surface area contributed by atoms with Gasteiger partial charge in [0.25, 0.3) is 0 Å². The van der Waals surface area contributed by atoms with Crippen LogP contribution in [-0.4, -0.2) is 31.8 Å². The Morgan fingerprint density at radius 1 is 1.33 bits per heavy atom. The van der Waals surface area contributed by atoms with Gasteiger partial charge in [0, 0.05) is 30.6 Å². The molecule has 1 fully saturated rings. The van der Waals surface area contributed by atoms with Crippen LogP contribution in [0, 0.1) is 0 Å². The van der Waals surface area contributed by atoms with Crippen LogP contribution in [0.5, 0.6) is 0 Å². The van der Waals surface area contributed by atoms with Gasteiger partial charge in [0.15, 0.2) is 0 Å². The lowest BCUT2D eigenvalue weighted by Gasteiger charge is -2.27. The summed E-state index contributed by atoms with van der Waals surface area (Å²) in [5.74, 6) is 0.510. The van der Waals surface area contributed by atoms with Gasteiger partial charge in [-0.2, -0.15) is 0 Å². The summed E-state index contributed by atoms with van der Waals surface area (Å²) in [6.07, 6.45) is 8.94. The van der Waals surface area contributed by atoms with Gasteiger partial charge in [0.05, 0.1) is 16.4 Å². The number of hydrogen-bond acceptors (Lipinski definition) is 5. The highest BCUT2D eigenvalue weighted by Crippen LogP contribution is 2.39. The molecule has 0 saturated heterocycles. The molecule has 1 aliphatic rings. The fraction of sp³-hybridized carbons (Fsp3) is 0.316. The Kier molecular flexibility index (Phi) is 5.98. The van der Waals surface area contributed by atoms with Gasteiger partial charge in [-0.25, -0.2) is 18.9 Å². The Bertz CT molecular complexity index is 968. The maximum absolute atomic E-state index is 11.3. The molecule has 7 nitrogen and oxygen atoms in total. The third kappa shape index (κ3) is 3.91. The molecule has 142 valence electrons. The molecule has 3 aromatic rings. The fourth-order valence-corrected chi connectivity index (χ4v) is 3.67. The van der Waals surface area contributed by atoms with Gasteiger partial charge in [-0.15, -0.1) is 0 Å². The Morgan fingerprint density at radius 2 is 2.11 bits per heavy atom. The van der Waals surface area contributed by atoms with Crippen LogP contribution in [-0.2, 0) is 22.3 Å². The number of nitrogens with two attached hydrogens (primary N) is 1. The van der Waals surface area contributed by atoms with E-state index in [1.54, 1.807) is 6.26 Å². The van der Waals surface area contributed by atoms with Gasteiger partial charge in [0.2, 0.25) is 0 Å². The van der Waals surface area contributed by atoms with E-state index in [1.165, 1.54) is 25.6 Å². The normalized spacial score (nSPS) is 15.0. The minimum Gasteiger partial charge on any atom is -0.383 e. The van der Waals surface area contributed by atoms with E-state index >= 15 is 0 Å². The molecule has 0 bridgehead atoms. The number of rotatable bonds is 5. The van der Waals surface area contributed by atoms with Gasteiger partial charge < -0.3 is 15.1 Å². The molecule has 4 rings (SSSR count). The second kappa shape index (κ2) is 8.41. The number of carbonyl (C=O) groups excluding carboxylic acids is 1. The van der Waals surface area contributed by atoms with Crippen LogP contribution in [0.25, 0.3) is 22.2 Å². The molecular formula is C19H23N5O2S. The van der Waals surface area contributed by atoms with Crippen molar-refractivity contribution >= 4 is 34.6 Å². The Morgan fingerprint density at radius 3 is 2.78 bits per heavy atom. The number of fused-ring (bicyclic) bond motifs is 1. The van der Waals surface area contributed by atoms with E-state index in [4.69, 9.17) is 10.5 Å². The van der Waals surface area contributed by atoms with Crippen molar-refractivity contribution < 1.29 is 9.00 Å². The van der Waals surface area contributed by atoms with Crippen molar-refractivity contribution in [3.8, 4) is 11.1 Å². The summed E-state index contributed by atoms with van der Waals surface area (Å²) in [4.78, 5) is 16.7. The zero-order chi connectivity index (χ0) is 19.4. The second-order valence-corrected chi connectivity index (χ2v) is 7.66. The van der Waals surface area contributed by atoms with Crippen LogP contribution in [0.3, 0.4) is 0 Å². The molecule has 3 N–H and O–H groups in total. The van der Waals surface area contributed by atoms with E-state index in [0.717, 1.165) is 27.7 Å². The summed E-state index contributed by atoms with van der Waals surface area (Å²) in [5, 5.41) is 0.915. The zero-order valence-electron chi connectivity index (χ0n) is 15.2. The highest BCUT2D eigenvalue weighted by atomic mass is 32.2. The highest BCUT2D eigenvalue weighted by Gasteiger charge is 2.24. The summed E-state index contributed by atoms with van der Waals surface area (Å²) >= 11 is 0. The Hall–Kier alpha value is -2.58. The predicted molar refractivity (Wildman–Crippen MR) is 108 cm³/mol. The number of carbonyl (C=O) groups is 1. The number of benzene rings is 1. The summed E-state index contributed by atoms with van der Waals surface area (Å²) < 4.78 is 16.5. The number of nitrogens with one attached hydrogen (secondary N) is 1. The molecule has 2 heterocycles. The molecule has 1 unspecified atom stereocenters. The lowest BCUT2D eigenvalue weighted by molar-refractivity contribution is -0.0979. The highest BCUT2D eigenvalue weighted by molar-refractivity contribution is 7.82. The van der Waals surface area contributed by atoms with E-state index in [-0.39, 0.29) is 0 Å². The summed E-state index contributed by atoms with van der Waals surface area (Å²) in [5.41, 5.74) is 10.3.